The molecule has 0 unspecified atom stereocenters. The maximum atomic E-state index is 13.4. The van der Waals surface area contributed by atoms with Crippen molar-refractivity contribution in [2.75, 3.05) is 4.72 Å². The summed E-state index contributed by atoms with van der Waals surface area (Å²) in [7, 11) is -8.16. The highest BCUT2D eigenvalue weighted by Crippen LogP contribution is 2.20. The van der Waals surface area contributed by atoms with E-state index >= 15 is 0 Å². The Hall–Kier alpha value is -2.04. The number of nitrogens with two attached hydrogens (primary N) is 1. The first-order valence-electron chi connectivity index (χ1n) is 5.45. The molecule has 0 aliphatic rings. The predicted octanol–water partition coefficient (Wildman–Crippen LogP) is 0.669. The second-order valence-corrected chi connectivity index (χ2v) is 7.26. The van der Waals surface area contributed by atoms with Crippen molar-refractivity contribution in [3.8, 4) is 0 Å². The van der Waals surface area contributed by atoms with Crippen molar-refractivity contribution in [2.24, 2.45) is 5.14 Å². The lowest BCUT2D eigenvalue weighted by atomic mass is 10.3. The molecule has 0 bridgehead atoms. The highest BCUT2D eigenvalue weighted by molar-refractivity contribution is 7.92. The number of nitrogens with one attached hydrogen (secondary N) is 1. The van der Waals surface area contributed by atoms with Gasteiger partial charge in [0.15, 0.2) is 0 Å². The Balaban J connectivity index is 2.43. The van der Waals surface area contributed by atoms with Crippen LogP contribution in [-0.4, -0.2) is 21.8 Å². The van der Waals surface area contributed by atoms with Crippen LogP contribution < -0.4 is 9.86 Å². The molecule has 0 aliphatic carbocycles. The van der Waals surface area contributed by atoms with E-state index in [1.807, 2.05) is 0 Å². The van der Waals surface area contributed by atoms with Gasteiger partial charge >= 0.3 is 0 Å². The van der Waals surface area contributed by atoms with Crippen LogP contribution in [0, 0.1) is 5.82 Å². The molecule has 1 aromatic carbocycles. The van der Waals surface area contributed by atoms with Crippen LogP contribution in [-0.2, 0) is 20.0 Å². The van der Waals surface area contributed by atoms with E-state index in [0.29, 0.717) is 6.07 Å². The monoisotopic (exact) mass is 331 g/mol. The fourth-order valence-electron chi connectivity index (χ4n) is 1.51. The molecule has 1 aromatic heterocycles. The minimum Gasteiger partial charge on any atom is -0.279 e. The molecule has 0 fully saturated rings. The Kier molecular flexibility index (Phi) is 3.94. The van der Waals surface area contributed by atoms with Gasteiger partial charge in [-0.1, -0.05) is 0 Å². The average Bonchev–Trinajstić information content (AvgIpc) is 2.37. The van der Waals surface area contributed by atoms with E-state index in [-0.39, 0.29) is 10.6 Å². The number of halogens is 1. The largest absolute Gasteiger partial charge is 0.279 e. The lowest BCUT2D eigenvalue weighted by molar-refractivity contribution is 0.591. The zero-order chi connectivity index (χ0) is 15.7. The summed E-state index contributed by atoms with van der Waals surface area (Å²) in [5.74, 6) is -0.939. The van der Waals surface area contributed by atoms with Gasteiger partial charge < -0.3 is 0 Å². The van der Waals surface area contributed by atoms with Crippen LogP contribution in [0.2, 0.25) is 0 Å². The fourth-order valence-corrected chi connectivity index (χ4v) is 3.08. The SMILES string of the molecule is NS(=O)(=O)c1cc(F)cc(NS(=O)(=O)c2cccnc2)c1. The highest BCUT2D eigenvalue weighted by Gasteiger charge is 2.17. The van der Waals surface area contributed by atoms with Crippen molar-refractivity contribution >= 4 is 25.7 Å². The average molecular weight is 331 g/mol. The topological polar surface area (TPSA) is 119 Å². The molecule has 0 aliphatic heterocycles. The summed E-state index contributed by atoms with van der Waals surface area (Å²) in [4.78, 5) is 2.98. The Morgan fingerprint density at radius 2 is 1.81 bits per heavy atom. The van der Waals surface area contributed by atoms with Crippen molar-refractivity contribution in [3.63, 3.8) is 0 Å². The van der Waals surface area contributed by atoms with Crippen LogP contribution >= 0.6 is 0 Å². The van der Waals surface area contributed by atoms with E-state index < -0.39 is 30.8 Å². The summed E-state index contributed by atoms with van der Waals surface area (Å²) in [5, 5.41) is 4.89. The molecule has 112 valence electrons. The summed E-state index contributed by atoms with van der Waals surface area (Å²) < 4.78 is 61.9. The van der Waals surface area contributed by atoms with Crippen LogP contribution in [0.1, 0.15) is 0 Å². The van der Waals surface area contributed by atoms with Gasteiger partial charge in [0.1, 0.15) is 10.7 Å². The van der Waals surface area contributed by atoms with E-state index in [1.54, 1.807) is 0 Å². The minimum atomic E-state index is -4.16. The van der Waals surface area contributed by atoms with Gasteiger partial charge in [-0.25, -0.2) is 26.4 Å². The lowest BCUT2D eigenvalue weighted by Crippen LogP contribution is -2.16. The predicted molar refractivity (Wildman–Crippen MR) is 72.8 cm³/mol. The van der Waals surface area contributed by atoms with Gasteiger partial charge in [-0.05, 0) is 30.3 Å². The standard InChI is InChI=1S/C11H10FN3O4S2/c12-8-4-9(6-11(5-8)20(13,16)17)15-21(18,19)10-2-1-3-14-7-10/h1-7,15H,(H2,13,16,17). The van der Waals surface area contributed by atoms with Gasteiger partial charge in [-0.2, -0.15) is 0 Å². The third kappa shape index (κ3) is 3.74. The zero-order valence-corrected chi connectivity index (χ0v) is 12.0. The Labute approximate surface area is 120 Å². The molecule has 0 saturated heterocycles. The van der Waals surface area contributed by atoms with E-state index in [0.717, 1.165) is 18.3 Å². The lowest BCUT2D eigenvalue weighted by Gasteiger charge is -2.09. The first-order valence-corrected chi connectivity index (χ1v) is 8.48. The molecule has 0 amide bonds. The third-order valence-corrected chi connectivity index (χ3v) is 4.66. The minimum absolute atomic E-state index is 0.147. The highest BCUT2D eigenvalue weighted by atomic mass is 32.2. The van der Waals surface area contributed by atoms with Crippen molar-refractivity contribution < 1.29 is 21.2 Å². The number of hydrogen-bond donors (Lipinski definition) is 2. The maximum absolute atomic E-state index is 13.4. The third-order valence-electron chi connectivity index (χ3n) is 2.40. The molecular formula is C11H10FN3O4S2. The van der Waals surface area contributed by atoms with Gasteiger partial charge in [0.25, 0.3) is 10.0 Å². The molecule has 2 aromatic rings. The van der Waals surface area contributed by atoms with Crippen LogP contribution in [0.5, 0.6) is 0 Å². The van der Waals surface area contributed by atoms with E-state index in [1.165, 1.54) is 18.3 Å². The number of primary sulfonamides is 1. The maximum Gasteiger partial charge on any atom is 0.263 e. The van der Waals surface area contributed by atoms with Gasteiger partial charge in [0, 0.05) is 12.4 Å². The van der Waals surface area contributed by atoms with Crippen molar-refractivity contribution in [2.45, 2.75) is 9.79 Å². The molecule has 0 spiro atoms. The number of sulfonamides is 2. The van der Waals surface area contributed by atoms with E-state index in [4.69, 9.17) is 5.14 Å². The molecular weight excluding hydrogens is 321 g/mol. The molecule has 0 radical (unpaired) electrons. The summed E-state index contributed by atoms with van der Waals surface area (Å²) >= 11 is 0. The number of rotatable bonds is 4. The Morgan fingerprint density at radius 3 is 2.38 bits per heavy atom. The number of aromatic nitrogens is 1. The summed E-state index contributed by atoms with van der Waals surface area (Å²) in [6.45, 7) is 0. The van der Waals surface area contributed by atoms with E-state index in [2.05, 4.69) is 9.71 Å². The van der Waals surface area contributed by atoms with Gasteiger partial charge in [-0.3, -0.25) is 9.71 Å². The van der Waals surface area contributed by atoms with Crippen LogP contribution in [0.15, 0.2) is 52.5 Å². The molecule has 10 heteroatoms. The number of hydrogen-bond acceptors (Lipinski definition) is 5. The van der Waals surface area contributed by atoms with Gasteiger partial charge in [-0.15, -0.1) is 0 Å². The van der Waals surface area contributed by atoms with E-state index in [9.17, 15) is 21.2 Å². The number of anilines is 1. The summed E-state index contributed by atoms with van der Waals surface area (Å²) in [5.41, 5.74) is -0.261. The first-order chi connectivity index (χ1) is 9.68. The fraction of sp³-hybridized carbons (Fsp3) is 0. The second kappa shape index (κ2) is 5.39. The van der Waals surface area contributed by atoms with Crippen LogP contribution in [0.3, 0.4) is 0 Å². The summed E-state index contributed by atoms with van der Waals surface area (Å²) in [6, 6.07) is 5.15. The summed E-state index contributed by atoms with van der Waals surface area (Å²) in [6.07, 6.45) is 2.49. The number of nitrogens with zero attached hydrogens (tertiary/aromatic N) is 1. The van der Waals surface area contributed by atoms with Crippen LogP contribution in [0.25, 0.3) is 0 Å². The Bertz CT molecular complexity index is 868. The molecule has 3 N–H and O–H groups in total. The molecule has 21 heavy (non-hydrogen) atoms. The molecule has 7 nitrogen and oxygen atoms in total. The normalized spacial score (nSPS) is 12.1. The first kappa shape index (κ1) is 15.4. The van der Waals surface area contributed by atoms with Crippen molar-refractivity contribution in [3.05, 3.63) is 48.5 Å². The molecule has 1 heterocycles. The second-order valence-electron chi connectivity index (χ2n) is 4.01. The molecule has 0 atom stereocenters. The zero-order valence-electron chi connectivity index (χ0n) is 10.4. The quantitative estimate of drug-likeness (QED) is 0.853. The number of benzene rings is 1. The van der Waals surface area contributed by atoms with Gasteiger partial charge in [0.05, 0.1) is 10.6 Å². The van der Waals surface area contributed by atoms with Crippen molar-refractivity contribution in [1.82, 2.24) is 4.98 Å². The van der Waals surface area contributed by atoms with Crippen LogP contribution in [0.4, 0.5) is 10.1 Å². The van der Waals surface area contributed by atoms with Gasteiger partial charge in [0.2, 0.25) is 10.0 Å². The number of pyridine rings is 1. The Morgan fingerprint density at radius 1 is 1.10 bits per heavy atom. The van der Waals surface area contributed by atoms with Crippen molar-refractivity contribution in [1.29, 1.82) is 0 Å². The molecule has 2 rings (SSSR count). The smallest absolute Gasteiger partial charge is 0.263 e. The molecule has 0 saturated carbocycles.